The van der Waals surface area contributed by atoms with Gasteiger partial charge < -0.3 is 9.84 Å². The third-order valence-electron chi connectivity index (χ3n) is 4.75. The third kappa shape index (κ3) is 3.70. The largest absolute Gasteiger partial charge is 0.504 e. The number of phenolic OH excluding ortho intramolecular Hbond substituents is 1. The van der Waals surface area contributed by atoms with Gasteiger partial charge in [-0.05, 0) is 35.7 Å². The second-order valence-electron chi connectivity index (χ2n) is 6.59. The molecule has 0 spiro atoms. The van der Waals surface area contributed by atoms with E-state index >= 15 is 0 Å². The molecule has 0 amide bonds. The fourth-order valence-corrected chi connectivity index (χ4v) is 3.38. The van der Waals surface area contributed by atoms with Gasteiger partial charge in [0.15, 0.2) is 11.5 Å². The molecule has 0 unspecified atom stereocenters. The Bertz CT molecular complexity index is 866. The zero-order chi connectivity index (χ0) is 17.8. The normalized spacial score (nSPS) is 14.3. The first-order chi connectivity index (χ1) is 12.8. The van der Waals surface area contributed by atoms with Gasteiger partial charge in [-0.15, -0.1) is 0 Å². The van der Waals surface area contributed by atoms with Crippen LogP contribution in [0.3, 0.4) is 0 Å². The van der Waals surface area contributed by atoms with Crippen molar-refractivity contribution in [3.63, 3.8) is 0 Å². The lowest BCUT2D eigenvalue weighted by molar-refractivity contribution is 0.225. The zero-order valence-electron chi connectivity index (χ0n) is 14.6. The molecule has 0 fully saturated rings. The minimum Gasteiger partial charge on any atom is -0.504 e. The molecule has 26 heavy (non-hydrogen) atoms. The number of aromatic hydroxyl groups is 1. The van der Waals surface area contributed by atoms with E-state index in [1.54, 1.807) is 12.3 Å². The molecule has 3 aromatic rings. The SMILES string of the molecule is Oc1cc(-c2cccnc2)cc2c1OCCN(CCc1ccccc1)C2. The van der Waals surface area contributed by atoms with Crippen LogP contribution < -0.4 is 4.74 Å². The molecule has 2 heterocycles. The van der Waals surface area contributed by atoms with Gasteiger partial charge in [-0.2, -0.15) is 0 Å². The summed E-state index contributed by atoms with van der Waals surface area (Å²) in [6, 6.07) is 18.3. The van der Waals surface area contributed by atoms with Crippen LogP contribution >= 0.6 is 0 Å². The molecule has 4 nitrogen and oxygen atoms in total. The number of hydrogen-bond acceptors (Lipinski definition) is 4. The first kappa shape index (κ1) is 16.6. The molecule has 2 aromatic carbocycles. The maximum Gasteiger partial charge on any atom is 0.165 e. The van der Waals surface area contributed by atoms with E-state index in [0.717, 1.165) is 42.7 Å². The number of aromatic nitrogens is 1. The van der Waals surface area contributed by atoms with Gasteiger partial charge in [0.1, 0.15) is 6.61 Å². The lowest BCUT2D eigenvalue weighted by atomic mass is 10.0. The first-order valence-electron chi connectivity index (χ1n) is 8.95. The van der Waals surface area contributed by atoms with Crippen LogP contribution in [0.5, 0.6) is 11.5 Å². The van der Waals surface area contributed by atoms with Crippen LogP contribution in [0.25, 0.3) is 11.1 Å². The monoisotopic (exact) mass is 346 g/mol. The molecular formula is C22H22N2O2. The van der Waals surface area contributed by atoms with Gasteiger partial charge in [-0.1, -0.05) is 36.4 Å². The average molecular weight is 346 g/mol. The van der Waals surface area contributed by atoms with Crippen LogP contribution in [0, 0.1) is 0 Å². The minimum absolute atomic E-state index is 0.200. The van der Waals surface area contributed by atoms with Gasteiger partial charge in [0.25, 0.3) is 0 Å². The standard InChI is InChI=1S/C22H22N2O2/c25-21-14-19(18-7-4-9-23-15-18)13-20-16-24(11-12-26-22(20)21)10-8-17-5-2-1-3-6-17/h1-7,9,13-15,25H,8,10-12,16H2. The lowest BCUT2D eigenvalue weighted by Crippen LogP contribution is -2.27. The van der Waals surface area contributed by atoms with Crippen molar-refractivity contribution in [2.45, 2.75) is 13.0 Å². The molecule has 0 saturated carbocycles. The molecule has 0 saturated heterocycles. The summed E-state index contributed by atoms with van der Waals surface area (Å²) in [4.78, 5) is 6.56. The first-order valence-corrected chi connectivity index (χ1v) is 8.95. The van der Waals surface area contributed by atoms with Gasteiger partial charge in [0.05, 0.1) is 0 Å². The number of fused-ring (bicyclic) bond motifs is 1. The van der Waals surface area contributed by atoms with Crippen molar-refractivity contribution in [2.75, 3.05) is 19.7 Å². The summed E-state index contributed by atoms with van der Waals surface area (Å²) in [6.45, 7) is 3.17. The molecule has 4 heteroatoms. The van der Waals surface area contributed by atoms with Gasteiger partial charge in [-0.25, -0.2) is 0 Å². The Morgan fingerprint density at radius 2 is 1.92 bits per heavy atom. The summed E-state index contributed by atoms with van der Waals surface area (Å²) in [6.07, 6.45) is 4.57. The molecule has 0 aliphatic carbocycles. The van der Waals surface area contributed by atoms with E-state index < -0.39 is 0 Å². The van der Waals surface area contributed by atoms with Gasteiger partial charge in [-0.3, -0.25) is 9.88 Å². The maximum atomic E-state index is 10.5. The van der Waals surface area contributed by atoms with Crippen LogP contribution in [0.4, 0.5) is 0 Å². The maximum absolute atomic E-state index is 10.5. The number of phenols is 1. The molecule has 4 rings (SSSR count). The van der Waals surface area contributed by atoms with Crippen LogP contribution in [0.2, 0.25) is 0 Å². The summed E-state index contributed by atoms with van der Waals surface area (Å²) < 4.78 is 5.85. The van der Waals surface area contributed by atoms with Gasteiger partial charge in [0, 0.05) is 43.2 Å². The molecule has 1 aliphatic heterocycles. The fourth-order valence-electron chi connectivity index (χ4n) is 3.38. The Balaban J connectivity index is 1.56. The quantitative estimate of drug-likeness (QED) is 0.778. The summed E-state index contributed by atoms with van der Waals surface area (Å²) in [5.41, 5.74) is 4.31. The summed E-state index contributed by atoms with van der Waals surface area (Å²) in [5, 5.41) is 10.5. The van der Waals surface area contributed by atoms with E-state index in [4.69, 9.17) is 4.74 Å². The second-order valence-corrected chi connectivity index (χ2v) is 6.59. The number of hydrogen-bond donors (Lipinski definition) is 1. The van der Waals surface area contributed by atoms with Crippen molar-refractivity contribution in [2.24, 2.45) is 0 Å². The predicted molar refractivity (Wildman–Crippen MR) is 102 cm³/mol. The predicted octanol–water partition coefficient (Wildman–Crippen LogP) is 3.89. The van der Waals surface area contributed by atoms with Gasteiger partial charge in [0.2, 0.25) is 0 Å². The highest BCUT2D eigenvalue weighted by atomic mass is 16.5. The molecule has 0 radical (unpaired) electrons. The molecule has 0 bridgehead atoms. The highest BCUT2D eigenvalue weighted by molar-refractivity contribution is 5.68. The van der Waals surface area contributed by atoms with Crippen molar-refractivity contribution in [3.8, 4) is 22.6 Å². The van der Waals surface area contributed by atoms with Crippen molar-refractivity contribution < 1.29 is 9.84 Å². The number of pyridine rings is 1. The lowest BCUT2D eigenvalue weighted by Gasteiger charge is -2.19. The number of ether oxygens (including phenoxy) is 1. The number of benzene rings is 2. The highest BCUT2D eigenvalue weighted by Gasteiger charge is 2.19. The molecule has 1 N–H and O–H groups in total. The van der Waals surface area contributed by atoms with E-state index in [0.29, 0.717) is 12.4 Å². The van der Waals surface area contributed by atoms with E-state index in [1.807, 2.05) is 24.4 Å². The van der Waals surface area contributed by atoms with E-state index in [-0.39, 0.29) is 5.75 Å². The van der Waals surface area contributed by atoms with Crippen molar-refractivity contribution in [1.29, 1.82) is 0 Å². The summed E-state index contributed by atoms with van der Waals surface area (Å²) in [5.74, 6) is 0.811. The summed E-state index contributed by atoms with van der Waals surface area (Å²) in [7, 11) is 0. The molecule has 1 aliphatic rings. The Labute approximate surface area is 153 Å². The Morgan fingerprint density at radius 3 is 2.73 bits per heavy atom. The van der Waals surface area contributed by atoms with Crippen molar-refractivity contribution in [1.82, 2.24) is 9.88 Å². The van der Waals surface area contributed by atoms with Gasteiger partial charge >= 0.3 is 0 Å². The molecular weight excluding hydrogens is 324 g/mol. The topological polar surface area (TPSA) is 45.6 Å². The van der Waals surface area contributed by atoms with Crippen molar-refractivity contribution >= 4 is 0 Å². The Morgan fingerprint density at radius 1 is 1.04 bits per heavy atom. The third-order valence-corrected chi connectivity index (χ3v) is 4.75. The van der Waals surface area contributed by atoms with Crippen LogP contribution in [0.15, 0.2) is 67.0 Å². The number of nitrogens with zero attached hydrogens (tertiary/aromatic N) is 2. The second kappa shape index (κ2) is 7.58. The zero-order valence-corrected chi connectivity index (χ0v) is 14.6. The minimum atomic E-state index is 0.200. The Hall–Kier alpha value is -2.85. The molecule has 0 atom stereocenters. The van der Waals surface area contributed by atoms with Crippen LogP contribution in [0.1, 0.15) is 11.1 Å². The summed E-state index contributed by atoms with van der Waals surface area (Å²) >= 11 is 0. The van der Waals surface area contributed by atoms with Crippen molar-refractivity contribution in [3.05, 3.63) is 78.1 Å². The van der Waals surface area contributed by atoms with Crippen LogP contribution in [-0.2, 0) is 13.0 Å². The number of rotatable bonds is 4. The highest BCUT2D eigenvalue weighted by Crippen LogP contribution is 2.37. The van der Waals surface area contributed by atoms with Crippen LogP contribution in [-0.4, -0.2) is 34.7 Å². The Kier molecular flexibility index (Phi) is 4.84. The van der Waals surface area contributed by atoms with E-state index in [2.05, 4.69) is 40.2 Å². The molecule has 132 valence electrons. The smallest absolute Gasteiger partial charge is 0.165 e. The average Bonchev–Trinajstić information content (AvgIpc) is 2.90. The fraction of sp³-hybridized carbons (Fsp3) is 0.227. The van der Waals surface area contributed by atoms with E-state index in [9.17, 15) is 5.11 Å². The van der Waals surface area contributed by atoms with E-state index in [1.165, 1.54) is 5.56 Å². The molecule has 1 aromatic heterocycles.